The highest BCUT2D eigenvalue weighted by molar-refractivity contribution is 7.19. The average Bonchev–Trinajstić information content (AvgIpc) is 2.66. The topological polar surface area (TPSA) is 25.8 Å². The maximum Gasteiger partial charge on any atom is 0.142 e. The van der Waals surface area contributed by atoms with E-state index in [0.29, 0.717) is 11.0 Å². The molecule has 3 aromatic rings. The molecule has 96 valence electrons. The Labute approximate surface area is 125 Å². The first kappa shape index (κ1) is 12.9. The van der Waals surface area contributed by atoms with Crippen molar-refractivity contribution in [2.45, 2.75) is 13.8 Å². The normalized spacial score (nSPS) is 11.2. The van der Waals surface area contributed by atoms with Gasteiger partial charge in [-0.1, -0.05) is 35.3 Å². The van der Waals surface area contributed by atoms with Crippen LogP contribution in [0.25, 0.3) is 21.3 Å². The minimum absolute atomic E-state index is 0.511. The van der Waals surface area contributed by atoms with Gasteiger partial charge in [-0.25, -0.2) is 9.97 Å². The summed E-state index contributed by atoms with van der Waals surface area (Å²) in [6.07, 6.45) is 0. The van der Waals surface area contributed by atoms with Crippen molar-refractivity contribution in [3.8, 4) is 11.1 Å². The SMILES string of the molecule is Cc1nc(Cl)c2c(-c3ccc(Cl)cc3)c(C)sc2n1. The van der Waals surface area contributed by atoms with Crippen LogP contribution < -0.4 is 0 Å². The zero-order valence-corrected chi connectivity index (χ0v) is 12.7. The van der Waals surface area contributed by atoms with Gasteiger partial charge in [0.2, 0.25) is 0 Å². The van der Waals surface area contributed by atoms with E-state index in [1.165, 1.54) is 4.88 Å². The third-order valence-electron chi connectivity index (χ3n) is 2.93. The van der Waals surface area contributed by atoms with E-state index < -0.39 is 0 Å². The second-order valence-electron chi connectivity index (χ2n) is 4.28. The van der Waals surface area contributed by atoms with E-state index in [2.05, 4.69) is 16.9 Å². The highest BCUT2D eigenvalue weighted by Crippen LogP contribution is 2.40. The molecule has 0 N–H and O–H groups in total. The lowest BCUT2D eigenvalue weighted by Gasteiger charge is -2.03. The van der Waals surface area contributed by atoms with Gasteiger partial charge in [0.15, 0.2) is 0 Å². The third kappa shape index (κ3) is 2.22. The van der Waals surface area contributed by atoms with Gasteiger partial charge in [0.1, 0.15) is 15.8 Å². The van der Waals surface area contributed by atoms with Gasteiger partial charge in [0.05, 0.1) is 5.39 Å². The lowest BCUT2D eigenvalue weighted by molar-refractivity contribution is 1.10. The van der Waals surface area contributed by atoms with Crippen LogP contribution in [0.2, 0.25) is 10.2 Å². The molecule has 0 aliphatic carbocycles. The summed E-state index contributed by atoms with van der Waals surface area (Å²) in [7, 11) is 0. The van der Waals surface area contributed by atoms with E-state index in [1.807, 2.05) is 31.2 Å². The van der Waals surface area contributed by atoms with Crippen LogP contribution in [-0.4, -0.2) is 9.97 Å². The van der Waals surface area contributed by atoms with Gasteiger partial charge in [-0.15, -0.1) is 11.3 Å². The molecule has 0 aliphatic rings. The number of hydrogen-bond donors (Lipinski definition) is 0. The minimum atomic E-state index is 0.511. The van der Waals surface area contributed by atoms with Crippen molar-refractivity contribution in [3.05, 3.63) is 45.1 Å². The molecule has 0 aliphatic heterocycles. The van der Waals surface area contributed by atoms with Crippen molar-refractivity contribution in [1.29, 1.82) is 0 Å². The van der Waals surface area contributed by atoms with Gasteiger partial charge in [-0.05, 0) is 31.5 Å². The number of rotatable bonds is 1. The summed E-state index contributed by atoms with van der Waals surface area (Å²) < 4.78 is 0. The van der Waals surface area contributed by atoms with Gasteiger partial charge >= 0.3 is 0 Å². The predicted molar refractivity (Wildman–Crippen MR) is 82.3 cm³/mol. The number of halogens is 2. The molecule has 5 heteroatoms. The minimum Gasteiger partial charge on any atom is -0.222 e. The Hall–Kier alpha value is -1.16. The predicted octanol–water partition coefficient (Wildman–Crippen LogP) is 5.28. The lowest BCUT2D eigenvalue weighted by atomic mass is 10.0. The van der Waals surface area contributed by atoms with E-state index in [-0.39, 0.29) is 0 Å². The molecule has 0 atom stereocenters. The van der Waals surface area contributed by atoms with Gasteiger partial charge in [-0.2, -0.15) is 0 Å². The first-order chi connectivity index (χ1) is 9.06. The molecule has 0 unspecified atom stereocenters. The van der Waals surface area contributed by atoms with E-state index >= 15 is 0 Å². The van der Waals surface area contributed by atoms with Crippen LogP contribution in [0.15, 0.2) is 24.3 Å². The molecule has 0 bridgehead atoms. The largest absolute Gasteiger partial charge is 0.222 e. The Morgan fingerprint density at radius 2 is 1.68 bits per heavy atom. The maximum atomic E-state index is 6.29. The summed E-state index contributed by atoms with van der Waals surface area (Å²) in [5, 5.41) is 2.16. The van der Waals surface area contributed by atoms with Crippen molar-refractivity contribution in [2.24, 2.45) is 0 Å². The number of benzene rings is 1. The Balaban J connectivity index is 2.34. The Morgan fingerprint density at radius 1 is 1.00 bits per heavy atom. The average molecular weight is 309 g/mol. The maximum absolute atomic E-state index is 6.29. The molecule has 0 amide bonds. The number of aryl methyl sites for hydroxylation is 2. The van der Waals surface area contributed by atoms with E-state index in [4.69, 9.17) is 23.2 Å². The van der Waals surface area contributed by atoms with Crippen LogP contribution in [0.5, 0.6) is 0 Å². The van der Waals surface area contributed by atoms with Crippen molar-refractivity contribution in [2.75, 3.05) is 0 Å². The van der Waals surface area contributed by atoms with Crippen molar-refractivity contribution >= 4 is 44.8 Å². The van der Waals surface area contributed by atoms with Crippen LogP contribution in [0, 0.1) is 13.8 Å². The smallest absolute Gasteiger partial charge is 0.142 e. The molecule has 0 saturated carbocycles. The molecule has 3 rings (SSSR count). The van der Waals surface area contributed by atoms with Crippen LogP contribution in [-0.2, 0) is 0 Å². The van der Waals surface area contributed by atoms with Gasteiger partial charge < -0.3 is 0 Å². The highest BCUT2D eigenvalue weighted by Gasteiger charge is 2.16. The first-order valence-electron chi connectivity index (χ1n) is 5.75. The zero-order valence-electron chi connectivity index (χ0n) is 10.4. The highest BCUT2D eigenvalue weighted by atomic mass is 35.5. The quantitative estimate of drug-likeness (QED) is 0.571. The summed E-state index contributed by atoms with van der Waals surface area (Å²) in [6.45, 7) is 3.92. The molecule has 2 heterocycles. The molecule has 0 spiro atoms. The molecule has 0 fully saturated rings. The molecule has 2 nitrogen and oxygen atoms in total. The first-order valence-corrected chi connectivity index (χ1v) is 7.32. The second kappa shape index (κ2) is 4.75. The van der Waals surface area contributed by atoms with Crippen molar-refractivity contribution < 1.29 is 0 Å². The Morgan fingerprint density at radius 3 is 2.37 bits per heavy atom. The van der Waals surface area contributed by atoms with Crippen molar-refractivity contribution in [1.82, 2.24) is 9.97 Å². The fourth-order valence-electron chi connectivity index (χ4n) is 2.13. The second-order valence-corrected chi connectivity index (χ2v) is 6.28. The summed E-state index contributed by atoms with van der Waals surface area (Å²) in [4.78, 5) is 10.8. The van der Waals surface area contributed by atoms with Crippen LogP contribution in [0.1, 0.15) is 10.7 Å². The summed E-state index contributed by atoms with van der Waals surface area (Å²) in [5.74, 6) is 0.696. The molecule has 19 heavy (non-hydrogen) atoms. The molecule has 0 radical (unpaired) electrons. The van der Waals surface area contributed by atoms with Crippen molar-refractivity contribution in [3.63, 3.8) is 0 Å². The van der Waals surface area contributed by atoms with Gasteiger partial charge in [0.25, 0.3) is 0 Å². The summed E-state index contributed by atoms with van der Waals surface area (Å²) in [5.41, 5.74) is 2.18. The fourth-order valence-corrected chi connectivity index (χ4v) is 3.71. The Kier molecular flexibility index (Phi) is 3.21. The molecule has 1 aromatic carbocycles. The molecular formula is C14H10Cl2N2S. The number of aromatic nitrogens is 2. The van der Waals surface area contributed by atoms with Crippen LogP contribution in [0.3, 0.4) is 0 Å². The van der Waals surface area contributed by atoms with E-state index in [9.17, 15) is 0 Å². The molecule has 2 aromatic heterocycles. The fraction of sp³-hybridized carbons (Fsp3) is 0.143. The molecular weight excluding hydrogens is 299 g/mol. The zero-order chi connectivity index (χ0) is 13.6. The number of hydrogen-bond acceptors (Lipinski definition) is 3. The number of fused-ring (bicyclic) bond motifs is 1. The summed E-state index contributed by atoms with van der Waals surface area (Å²) in [6, 6.07) is 7.74. The van der Waals surface area contributed by atoms with Crippen LogP contribution in [0.4, 0.5) is 0 Å². The van der Waals surface area contributed by atoms with Gasteiger partial charge in [-0.3, -0.25) is 0 Å². The summed E-state index contributed by atoms with van der Waals surface area (Å²) >= 11 is 13.9. The van der Waals surface area contributed by atoms with E-state index in [0.717, 1.165) is 26.4 Å². The van der Waals surface area contributed by atoms with Crippen LogP contribution >= 0.6 is 34.5 Å². The standard InChI is InChI=1S/C14H10Cl2N2S/c1-7-11(9-3-5-10(15)6-4-9)12-13(16)17-8(2)18-14(12)19-7/h3-6H,1-2H3. The number of nitrogens with zero attached hydrogens (tertiary/aromatic N) is 2. The lowest BCUT2D eigenvalue weighted by Crippen LogP contribution is -1.88. The molecule has 0 saturated heterocycles. The Bertz CT molecular complexity index is 763. The van der Waals surface area contributed by atoms with Gasteiger partial charge in [0, 0.05) is 15.5 Å². The van der Waals surface area contributed by atoms with E-state index in [1.54, 1.807) is 11.3 Å². The number of thiophene rings is 1. The third-order valence-corrected chi connectivity index (χ3v) is 4.45. The monoisotopic (exact) mass is 308 g/mol.